The fourth-order valence-corrected chi connectivity index (χ4v) is 4.17. The molecule has 1 saturated heterocycles. The molecule has 4 heteroatoms. The van der Waals surface area contributed by atoms with Gasteiger partial charge in [-0.05, 0) is 50.4 Å². The average molecular weight is 472 g/mol. The van der Waals surface area contributed by atoms with Gasteiger partial charge in [-0.2, -0.15) is 0 Å². The van der Waals surface area contributed by atoms with Crippen molar-refractivity contribution < 1.29 is 4.18 Å². The fraction of sp³-hybridized carbons (Fsp3) is 0.800. The number of allylic oxidation sites excluding steroid dienone is 2. The zero-order valence-electron chi connectivity index (χ0n) is 17.6. The molecule has 1 atom stereocenters. The molecule has 1 N–H and O–H groups in total. The quantitative estimate of drug-likeness (QED) is 0.336. The highest BCUT2D eigenvalue weighted by Crippen LogP contribution is 2.51. The van der Waals surface area contributed by atoms with Gasteiger partial charge in [0.15, 0.2) is 0 Å². The molecule has 0 radical (unpaired) electrons. The van der Waals surface area contributed by atoms with Gasteiger partial charge in [0.1, 0.15) is 0 Å². The van der Waals surface area contributed by atoms with Gasteiger partial charge in [-0.15, -0.1) is 0 Å². The number of nitrogens with one attached hydrogen (secondary N) is 1. The van der Waals surface area contributed by atoms with Gasteiger partial charge in [-0.3, -0.25) is 4.18 Å². The smallest absolute Gasteiger partial charge is 0.0953 e. The predicted molar refractivity (Wildman–Crippen MR) is 124 cm³/mol. The lowest BCUT2D eigenvalue weighted by atomic mass is 9.73. The summed E-state index contributed by atoms with van der Waals surface area (Å²) in [5, 5.41) is 3.44. The van der Waals surface area contributed by atoms with Gasteiger partial charge in [0.25, 0.3) is 0 Å². The van der Waals surface area contributed by atoms with E-state index in [-0.39, 0.29) is 6.10 Å². The number of hydrogen-bond donors (Lipinski definition) is 1. The lowest BCUT2D eigenvalue weighted by Gasteiger charge is -2.36. The molecule has 0 aromatic carbocycles. The number of hydrogen-bond acceptors (Lipinski definition) is 3. The molecule has 0 bridgehead atoms. The van der Waals surface area contributed by atoms with E-state index in [1.807, 2.05) is 55.4 Å². The Bertz CT molecular complexity index is 313. The molecule has 1 unspecified atom stereocenters. The van der Waals surface area contributed by atoms with Crippen LogP contribution in [-0.2, 0) is 4.18 Å². The Labute approximate surface area is 169 Å². The van der Waals surface area contributed by atoms with Gasteiger partial charge < -0.3 is 5.32 Å². The molecule has 146 valence electrons. The second kappa shape index (κ2) is 19.8. The Hall–Kier alpha value is 0.480. The Balaban J connectivity index is -0.000000484. The van der Waals surface area contributed by atoms with Gasteiger partial charge in [0, 0.05) is 26.6 Å². The summed E-state index contributed by atoms with van der Waals surface area (Å²) in [6.45, 7) is 24.4. The molecule has 0 aromatic heterocycles. The first-order chi connectivity index (χ1) is 11.7. The topological polar surface area (TPSA) is 21.3 Å². The Morgan fingerprint density at radius 3 is 1.92 bits per heavy atom. The summed E-state index contributed by atoms with van der Waals surface area (Å²) >= 11 is 2.20. The highest BCUT2D eigenvalue weighted by atomic mass is 127. The molecule has 24 heavy (non-hydrogen) atoms. The van der Waals surface area contributed by atoms with Gasteiger partial charge in [-0.25, -0.2) is 0 Å². The zero-order chi connectivity index (χ0) is 19.6. The number of piperidine rings is 1. The Morgan fingerprint density at radius 1 is 1.08 bits per heavy atom. The van der Waals surface area contributed by atoms with Crippen molar-refractivity contribution in [1.82, 2.24) is 5.32 Å². The molecule has 2 aliphatic rings. The molecular formula is C20H42INOS. The summed E-state index contributed by atoms with van der Waals surface area (Å²) < 4.78 is 5.75. The lowest BCUT2D eigenvalue weighted by Crippen LogP contribution is -2.37. The van der Waals surface area contributed by atoms with Gasteiger partial charge in [0.2, 0.25) is 0 Å². The van der Waals surface area contributed by atoms with E-state index in [1.165, 1.54) is 33.2 Å². The summed E-state index contributed by atoms with van der Waals surface area (Å²) in [5.74, 6) is 0. The third-order valence-corrected chi connectivity index (χ3v) is 4.90. The maximum Gasteiger partial charge on any atom is 0.0953 e. The van der Waals surface area contributed by atoms with Crippen LogP contribution in [0.25, 0.3) is 0 Å². The van der Waals surface area contributed by atoms with Crippen molar-refractivity contribution in [2.24, 2.45) is 5.41 Å². The van der Waals surface area contributed by atoms with Crippen LogP contribution >= 0.6 is 30.4 Å². The molecular weight excluding hydrogens is 429 g/mol. The SMILES string of the molecule is C=CC1=C(C)C(OSI)CC12CCNCC2.CC.CC.CC.CC. The molecule has 1 aliphatic carbocycles. The zero-order valence-corrected chi connectivity index (χ0v) is 20.6. The lowest BCUT2D eigenvalue weighted by molar-refractivity contribution is 0.186. The second-order valence-electron chi connectivity index (χ2n) is 4.68. The van der Waals surface area contributed by atoms with Crippen LogP contribution in [0.2, 0.25) is 0 Å². The first-order valence-electron chi connectivity index (χ1n) is 9.72. The molecule has 0 saturated carbocycles. The molecule has 1 fully saturated rings. The van der Waals surface area contributed by atoms with Crippen molar-refractivity contribution in [3.05, 3.63) is 23.8 Å². The summed E-state index contributed by atoms with van der Waals surface area (Å²) in [6.07, 6.45) is 5.92. The highest BCUT2D eigenvalue weighted by molar-refractivity contribution is 14.2. The largest absolute Gasteiger partial charge is 0.317 e. The van der Waals surface area contributed by atoms with Crippen molar-refractivity contribution in [2.75, 3.05) is 13.1 Å². The Morgan fingerprint density at radius 2 is 1.54 bits per heavy atom. The van der Waals surface area contributed by atoms with E-state index in [0.717, 1.165) is 19.5 Å². The third kappa shape index (κ3) is 8.72. The second-order valence-corrected chi connectivity index (χ2v) is 6.08. The molecule has 1 aliphatic heterocycles. The maximum atomic E-state index is 5.75. The van der Waals surface area contributed by atoms with Gasteiger partial charge in [-0.1, -0.05) is 68.0 Å². The normalized spacial score (nSPS) is 20.2. The van der Waals surface area contributed by atoms with E-state index in [1.54, 1.807) is 0 Å². The van der Waals surface area contributed by atoms with Gasteiger partial charge >= 0.3 is 0 Å². The summed E-state index contributed by atoms with van der Waals surface area (Å²) in [6, 6.07) is 0. The minimum Gasteiger partial charge on any atom is -0.317 e. The van der Waals surface area contributed by atoms with E-state index in [4.69, 9.17) is 4.18 Å². The van der Waals surface area contributed by atoms with Crippen LogP contribution in [0.5, 0.6) is 0 Å². The Kier molecular flexibility index (Phi) is 24.1. The van der Waals surface area contributed by atoms with E-state index in [2.05, 4.69) is 46.1 Å². The van der Waals surface area contributed by atoms with E-state index < -0.39 is 0 Å². The summed E-state index contributed by atoms with van der Waals surface area (Å²) in [5.41, 5.74) is 3.18. The summed E-state index contributed by atoms with van der Waals surface area (Å²) in [7, 11) is 1.45. The first kappa shape index (κ1) is 29.3. The van der Waals surface area contributed by atoms with Crippen LogP contribution in [0, 0.1) is 5.41 Å². The number of rotatable bonds is 3. The van der Waals surface area contributed by atoms with Gasteiger partial charge in [0.05, 0.1) is 15.3 Å². The van der Waals surface area contributed by atoms with Crippen molar-refractivity contribution in [3.63, 3.8) is 0 Å². The van der Waals surface area contributed by atoms with E-state index in [0.29, 0.717) is 5.41 Å². The predicted octanol–water partition coefficient (Wildman–Crippen LogP) is 7.75. The van der Waals surface area contributed by atoms with Crippen molar-refractivity contribution in [1.29, 1.82) is 0 Å². The van der Waals surface area contributed by atoms with Crippen molar-refractivity contribution >= 4 is 30.4 Å². The van der Waals surface area contributed by atoms with Crippen LogP contribution in [0.1, 0.15) is 81.6 Å². The average Bonchev–Trinajstić information content (AvgIpc) is 2.93. The first-order valence-corrected chi connectivity index (χ1v) is 13.0. The van der Waals surface area contributed by atoms with Crippen LogP contribution in [0.15, 0.2) is 23.8 Å². The minimum absolute atomic E-state index is 0.285. The molecule has 2 rings (SSSR count). The number of halogens is 1. The van der Waals surface area contributed by atoms with Crippen molar-refractivity contribution in [3.8, 4) is 0 Å². The van der Waals surface area contributed by atoms with Crippen LogP contribution in [0.3, 0.4) is 0 Å². The van der Waals surface area contributed by atoms with E-state index >= 15 is 0 Å². The maximum absolute atomic E-state index is 5.75. The van der Waals surface area contributed by atoms with Crippen LogP contribution in [0.4, 0.5) is 0 Å². The van der Waals surface area contributed by atoms with E-state index in [9.17, 15) is 0 Å². The van der Waals surface area contributed by atoms with Crippen LogP contribution in [-0.4, -0.2) is 19.2 Å². The fourth-order valence-electron chi connectivity index (χ4n) is 3.12. The third-order valence-electron chi connectivity index (χ3n) is 3.97. The highest BCUT2D eigenvalue weighted by Gasteiger charge is 2.44. The molecule has 1 spiro atoms. The molecule has 2 nitrogen and oxygen atoms in total. The molecule has 1 heterocycles. The monoisotopic (exact) mass is 471 g/mol. The van der Waals surface area contributed by atoms with Crippen molar-refractivity contribution in [2.45, 2.75) is 87.7 Å². The molecule has 0 amide bonds. The summed E-state index contributed by atoms with van der Waals surface area (Å²) in [4.78, 5) is 0. The van der Waals surface area contributed by atoms with Crippen LogP contribution < -0.4 is 5.32 Å². The minimum atomic E-state index is 0.285. The molecule has 0 aromatic rings. The standard InChI is InChI=1S/C12H18INOS.4C2H6/c1-3-10-9(2)11(15-16-13)8-12(10)4-6-14-7-5-12;4*1-2/h3,11,14H,1,4-8H2,2H3;4*1-2H3.